The predicted molar refractivity (Wildman–Crippen MR) is 98.6 cm³/mol. The van der Waals surface area contributed by atoms with Gasteiger partial charge in [-0.3, -0.25) is 4.79 Å². The van der Waals surface area contributed by atoms with E-state index in [0.717, 1.165) is 31.2 Å². The number of aromatic nitrogens is 2. The Morgan fingerprint density at radius 1 is 1.21 bits per heavy atom. The molecule has 1 aromatic heterocycles. The smallest absolute Gasteiger partial charge is 0.283 e. The largest absolute Gasteiger partial charge is 0.331 e. The van der Waals surface area contributed by atoms with E-state index in [-0.39, 0.29) is 12.6 Å². The van der Waals surface area contributed by atoms with Crippen molar-refractivity contribution >= 4 is 5.91 Å². The number of nitrogens with zero attached hydrogens (tertiary/aromatic N) is 3. The minimum Gasteiger partial charge on any atom is -0.331 e. The van der Waals surface area contributed by atoms with Crippen molar-refractivity contribution in [2.24, 2.45) is 7.05 Å². The molecule has 1 heterocycles. The lowest BCUT2D eigenvalue weighted by molar-refractivity contribution is 0.0711. The van der Waals surface area contributed by atoms with E-state index >= 15 is 0 Å². The summed E-state index contributed by atoms with van der Waals surface area (Å²) in [6.07, 6.45) is 2.58. The number of aryl methyl sites for hydroxylation is 1. The fourth-order valence-electron chi connectivity index (χ4n) is 4.30. The molecule has 2 aliphatic rings. The number of amides is 1. The average Bonchev–Trinajstić information content (AvgIpc) is 3.28. The maximum Gasteiger partial charge on any atom is 0.283 e. The zero-order valence-corrected chi connectivity index (χ0v) is 16.2. The molecule has 0 bridgehead atoms. The molecule has 1 amide bonds. The number of benzene rings is 1. The minimum absolute atomic E-state index is 0.0735. The van der Waals surface area contributed by atoms with Gasteiger partial charge in [0.2, 0.25) is 5.95 Å². The highest BCUT2D eigenvalue weighted by Crippen LogP contribution is 2.38. The van der Waals surface area contributed by atoms with Gasteiger partial charge in [-0.05, 0) is 54.9 Å². The predicted octanol–water partition coefficient (Wildman–Crippen LogP) is 5.10. The van der Waals surface area contributed by atoms with E-state index in [1.807, 2.05) is 0 Å². The molecule has 156 valence electrons. The summed E-state index contributed by atoms with van der Waals surface area (Å²) in [5.74, 6) is -2.00. The number of carbonyl (C=O) groups is 1. The third-order valence-electron chi connectivity index (χ3n) is 5.91. The topological polar surface area (TPSA) is 38.1 Å². The molecule has 4 rings (SSSR count). The van der Waals surface area contributed by atoms with E-state index in [9.17, 15) is 22.4 Å². The first-order chi connectivity index (χ1) is 13.9. The molecule has 8 heteroatoms. The molecule has 0 atom stereocenters. The highest BCUT2D eigenvalue weighted by Gasteiger charge is 2.38. The Labute approximate surface area is 166 Å². The average molecular weight is 409 g/mol. The van der Waals surface area contributed by atoms with Gasteiger partial charge in [0.25, 0.3) is 12.3 Å². The highest BCUT2D eigenvalue weighted by molar-refractivity contribution is 5.96. The first-order valence-corrected chi connectivity index (χ1v) is 9.96. The molecule has 2 saturated carbocycles. The van der Waals surface area contributed by atoms with E-state index in [4.69, 9.17) is 0 Å². The van der Waals surface area contributed by atoms with Crippen LogP contribution in [0.4, 0.5) is 17.6 Å². The van der Waals surface area contributed by atoms with Crippen molar-refractivity contribution in [2.75, 3.05) is 0 Å². The molecule has 0 radical (unpaired) electrons. The Morgan fingerprint density at radius 3 is 2.52 bits per heavy atom. The molecule has 0 spiro atoms. The number of hydrogen-bond donors (Lipinski definition) is 0. The summed E-state index contributed by atoms with van der Waals surface area (Å²) in [7, 11) is 1.18. The summed E-state index contributed by atoms with van der Waals surface area (Å²) in [5, 5.41) is 3.48. The van der Waals surface area contributed by atoms with Crippen molar-refractivity contribution in [3.63, 3.8) is 0 Å². The highest BCUT2D eigenvalue weighted by atomic mass is 19.3. The number of halogens is 4. The van der Waals surface area contributed by atoms with Gasteiger partial charge in [0.05, 0.1) is 0 Å². The van der Waals surface area contributed by atoms with Crippen molar-refractivity contribution in [1.82, 2.24) is 14.7 Å². The summed E-state index contributed by atoms with van der Waals surface area (Å²) in [6.45, 7) is 0.0735. The van der Waals surface area contributed by atoms with Crippen LogP contribution in [0.25, 0.3) is 0 Å². The number of carbonyl (C=O) groups excluding carboxylic acids is 1. The fourth-order valence-corrected chi connectivity index (χ4v) is 4.30. The van der Waals surface area contributed by atoms with Crippen LogP contribution in [-0.2, 0) is 13.6 Å². The summed E-state index contributed by atoms with van der Waals surface area (Å²) >= 11 is 0. The Bertz CT molecular complexity index is 917. The molecule has 0 N–H and O–H groups in total. The first-order valence-electron chi connectivity index (χ1n) is 9.96. The third-order valence-corrected chi connectivity index (χ3v) is 5.91. The first kappa shape index (κ1) is 19.9. The van der Waals surface area contributed by atoms with Gasteiger partial charge < -0.3 is 4.90 Å². The van der Waals surface area contributed by atoms with Crippen molar-refractivity contribution in [1.29, 1.82) is 0 Å². The van der Waals surface area contributed by atoms with Gasteiger partial charge in [-0.2, -0.15) is 9.49 Å². The maximum atomic E-state index is 14.5. The maximum absolute atomic E-state index is 14.5. The number of hydrogen-bond acceptors (Lipinski definition) is 2. The van der Waals surface area contributed by atoms with Gasteiger partial charge >= 0.3 is 0 Å². The lowest BCUT2D eigenvalue weighted by atomic mass is 9.92. The third kappa shape index (κ3) is 3.89. The van der Waals surface area contributed by atoms with Crippen molar-refractivity contribution in [3.05, 3.63) is 52.3 Å². The molecule has 2 fully saturated rings. The standard InChI is InChI=1S/C21H23F4N3O/c1-27-20(25)17(18(26-27)19(23)24)21(29)28(15-7-8-15)11-13-10-14(22)6-9-16(13)12-4-2-3-5-12/h6,9-10,12,15,19H,2-5,7-8,11H2,1H3. The molecular formula is C21H23F4N3O. The van der Waals surface area contributed by atoms with E-state index in [2.05, 4.69) is 5.10 Å². The zero-order valence-electron chi connectivity index (χ0n) is 16.2. The van der Waals surface area contributed by atoms with Gasteiger partial charge in [0.1, 0.15) is 17.1 Å². The number of alkyl halides is 2. The van der Waals surface area contributed by atoms with Crippen LogP contribution in [0.5, 0.6) is 0 Å². The molecule has 29 heavy (non-hydrogen) atoms. The minimum atomic E-state index is -3.06. The Morgan fingerprint density at radius 2 is 1.90 bits per heavy atom. The van der Waals surface area contributed by atoms with Crippen molar-refractivity contribution in [2.45, 2.75) is 63.5 Å². The van der Waals surface area contributed by atoms with Gasteiger partial charge in [-0.1, -0.05) is 18.9 Å². The van der Waals surface area contributed by atoms with Crippen molar-refractivity contribution < 1.29 is 22.4 Å². The Kier molecular flexibility index (Phi) is 5.36. The van der Waals surface area contributed by atoms with Crippen LogP contribution in [-0.4, -0.2) is 26.6 Å². The lowest BCUT2D eigenvalue weighted by Crippen LogP contribution is -2.34. The van der Waals surface area contributed by atoms with Crippen molar-refractivity contribution in [3.8, 4) is 0 Å². The van der Waals surface area contributed by atoms with Crippen LogP contribution in [0.2, 0.25) is 0 Å². The molecule has 0 saturated heterocycles. The second kappa shape index (κ2) is 7.80. The zero-order chi connectivity index (χ0) is 20.7. The van der Waals surface area contributed by atoms with Gasteiger partial charge in [0.15, 0.2) is 0 Å². The second-order valence-corrected chi connectivity index (χ2v) is 7.96. The Balaban J connectivity index is 1.69. The summed E-state index contributed by atoms with van der Waals surface area (Å²) in [5.41, 5.74) is 0.118. The van der Waals surface area contributed by atoms with E-state index < -0.39 is 35.4 Å². The molecule has 4 nitrogen and oxygen atoms in total. The summed E-state index contributed by atoms with van der Waals surface area (Å²) in [4.78, 5) is 14.5. The monoisotopic (exact) mass is 409 g/mol. The van der Waals surface area contributed by atoms with Crippen LogP contribution in [0, 0.1) is 11.8 Å². The number of rotatable bonds is 6. The van der Waals surface area contributed by atoms with Gasteiger partial charge in [-0.25, -0.2) is 17.9 Å². The van der Waals surface area contributed by atoms with Gasteiger partial charge in [-0.15, -0.1) is 0 Å². The Hall–Kier alpha value is -2.38. The second-order valence-electron chi connectivity index (χ2n) is 7.96. The molecule has 0 unspecified atom stereocenters. The van der Waals surface area contributed by atoms with E-state index in [1.165, 1.54) is 24.1 Å². The van der Waals surface area contributed by atoms with Crippen LogP contribution in [0.15, 0.2) is 18.2 Å². The van der Waals surface area contributed by atoms with Gasteiger partial charge in [0, 0.05) is 19.6 Å². The van der Waals surface area contributed by atoms with E-state index in [0.29, 0.717) is 29.0 Å². The normalized spacial score (nSPS) is 17.3. The molecule has 0 aliphatic heterocycles. The SMILES string of the molecule is Cn1nc(C(F)F)c(C(=O)N(Cc2cc(F)ccc2C2CCCC2)C2CC2)c1F. The molecular weight excluding hydrogens is 386 g/mol. The lowest BCUT2D eigenvalue weighted by Gasteiger charge is -2.25. The van der Waals surface area contributed by atoms with E-state index in [1.54, 1.807) is 6.07 Å². The van der Waals surface area contributed by atoms with Crippen LogP contribution < -0.4 is 0 Å². The fraction of sp³-hybridized carbons (Fsp3) is 0.524. The molecule has 1 aromatic carbocycles. The summed E-state index contributed by atoms with van der Waals surface area (Å²) in [6, 6.07) is 4.42. The van der Waals surface area contributed by atoms with Crippen LogP contribution in [0.3, 0.4) is 0 Å². The molecule has 2 aromatic rings. The quantitative estimate of drug-likeness (QED) is 0.623. The van der Waals surface area contributed by atoms with Crippen LogP contribution >= 0.6 is 0 Å². The molecule has 2 aliphatic carbocycles. The van der Waals surface area contributed by atoms with Crippen LogP contribution in [0.1, 0.15) is 78.0 Å². The summed E-state index contributed by atoms with van der Waals surface area (Å²) < 4.78 is 55.8.